The van der Waals surface area contributed by atoms with Gasteiger partial charge in [0, 0.05) is 11.3 Å². The summed E-state index contributed by atoms with van der Waals surface area (Å²) in [4.78, 5) is 0. The molecule has 0 saturated heterocycles. The lowest BCUT2D eigenvalue weighted by Crippen LogP contribution is -2.18. The number of hydrogen-bond donors (Lipinski definition) is 1. The van der Waals surface area contributed by atoms with Crippen LogP contribution in [0.2, 0.25) is 0 Å². The molecule has 6 nitrogen and oxygen atoms in total. The van der Waals surface area contributed by atoms with Crippen LogP contribution in [-0.2, 0) is 11.3 Å². The smallest absolute Gasteiger partial charge is 0.214 e. The summed E-state index contributed by atoms with van der Waals surface area (Å²) in [5.41, 5.74) is 1.32. The lowest BCUT2D eigenvalue weighted by molar-refractivity contribution is 0.0386. The Morgan fingerprint density at radius 1 is 1.12 bits per heavy atom. The van der Waals surface area contributed by atoms with Crippen molar-refractivity contribution in [2.45, 2.75) is 17.9 Å². The molecule has 0 amide bonds. The predicted octanol–water partition coefficient (Wildman–Crippen LogP) is 2.47. The van der Waals surface area contributed by atoms with E-state index < -0.39 is 6.10 Å². The normalized spacial score (nSPS) is 12.2. The van der Waals surface area contributed by atoms with E-state index in [1.165, 1.54) is 17.8 Å². The number of para-hydroxylation sites is 1. The van der Waals surface area contributed by atoms with Crippen molar-refractivity contribution in [3.63, 3.8) is 0 Å². The molecule has 1 aromatic heterocycles. The Bertz CT molecular complexity index is 800. The molecule has 0 aliphatic carbocycles. The lowest BCUT2D eigenvalue weighted by atomic mass is 10.2. The molecular weight excluding hydrogens is 343 g/mol. The van der Waals surface area contributed by atoms with Crippen LogP contribution in [0.25, 0.3) is 5.69 Å². The summed E-state index contributed by atoms with van der Waals surface area (Å²) in [5.74, 6) is 0.0539. The van der Waals surface area contributed by atoms with Crippen LogP contribution < -0.4 is 0 Å². The molecule has 0 fully saturated rings. The Morgan fingerprint density at radius 2 is 1.88 bits per heavy atom. The summed E-state index contributed by atoms with van der Waals surface area (Å²) in [5, 5.41) is 22.2. The largest absolute Gasteiger partial charge is 0.390 e. The van der Waals surface area contributed by atoms with Crippen molar-refractivity contribution < 1.29 is 14.2 Å². The van der Waals surface area contributed by atoms with Crippen molar-refractivity contribution in [2.24, 2.45) is 0 Å². The van der Waals surface area contributed by atoms with Crippen molar-refractivity contribution in [1.29, 1.82) is 0 Å². The van der Waals surface area contributed by atoms with Gasteiger partial charge < -0.3 is 9.84 Å². The third-order valence-corrected chi connectivity index (χ3v) is 4.44. The Kier molecular flexibility index (Phi) is 6.10. The number of tetrazole rings is 1. The van der Waals surface area contributed by atoms with Crippen molar-refractivity contribution in [3.8, 4) is 5.69 Å². The van der Waals surface area contributed by atoms with Gasteiger partial charge in [-0.05, 0) is 28.6 Å². The van der Waals surface area contributed by atoms with Gasteiger partial charge in [0.05, 0.1) is 25.0 Å². The highest BCUT2D eigenvalue weighted by molar-refractivity contribution is 7.99. The van der Waals surface area contributed by atoms with E-state index in [-0.39, 0.29) is 19.0 Å². The van der Waals surface area contributed by atoms with Gasteiger partial charge in [0.2, 0.25) is 5.16 Å². The van der Waals surface area contributed by atoms with Gasteiger partial charge in [-0.2, -0.15) is 4.68 Å². The van der Waals surface area contributed by atoms with E-state index in [1.54, 1.807) is 22.9 Å². The van der Waals surface area contributed by atoms with Crippen LogP contribution in [0.4, 0.5) is 4.39 Å². The van der Waals surface area contributed by atoms with E-state index in [2.05, 4.69) is 15.5 Å². The van der Waals surface area contributed by atoms with E-state index in [1.807, 2.05) is 30.3 Å². The SMILES string of the molecule is O[C@H](COCc1ccccc1F)CSc1nnnn1-c1ccccc1. The van der Waals surface area contributed by atoms with Crippen molar-refractivity contribution >= 4 is 11.8 Å². The molecule has 1 atom stereocenters. The first-order valence-electron chi connectivity index (χ1n) is 7.70. The van der Waals surface area contributed by atoms with Gasteiger partial charge in [-0.25, -0.2) is 4.39 Å². The Hall–Kier alpha value is -2.29. The number of nitrogens with zero attached hydrogens (tertiary/aromatic N) is 4. The van der Waals surface area contributed by atoms with Crippen molar-refractivity contribution in [3.05, 3.63) is 66.0 Å². The van der Waals surface area contributed by atoms with Gasteiger partial charge in [0.1, 0.15) is 5.82 Å². The molecule has 0 spiro atoms. The van der Waals surface area contributed by atoms with Crippen LogP contribution in [0.15, 0.2) is 59.8 Å². The summed E-state index contributed by atoms with van der Waals surface area (Å²) in [6.07, 6.45) is -0.710. The summed E-state index contributed by atoms with van der Waals surface area (Å²) in [6, 6.07) is 15.9. The van der Waals surface area contributed by atoms with Crippen LogP contribution in [0.5, 0.6) is 0 Å². The van der Waals surface area contributed by atoms with Crippen LogP contribution in [0.1, 0.15) is 5.56 Å². The topological polar surface area (TPSA) is 73.1 Å². The second-order valence-corrected chi connectivity index (χ2v) is 6.27. The first-order chi connectivity index (χ1) is 12.2. The van der Waals surface area contributed by atoms with E-state index in [9.17, 15) is 9.50 Å². The molecule has 0 saturated carbocycles. The van der Waals surface area contributed by atoms with E-state index >= 15 is 0 Å². The highest BCUT2D eigenvalue weighted by Crippen LogP contribution is 2.19. The average Bonchev–Trinajstić information content (AvgIpc) is 3.11. The minimum absolute atomic E-state index is 0.105. The molecule has 1 N–H and O–H groups in total. The van der Waals surface area contributed by atoms with Gasteiger partial charge in [0.25, 0.3) is 0 Å². The molecule has 3 rings (SSSR count). The number of aliphatic hydroxyl groups is 1. The van der Waals surface area contributed by atoms with Gasteiger partial charge in [-0.15, -0.1) is 5.10 Å². The molecule has 0 unspecified atom stereocenters. The molecule has 1 heterocycles. The number of hydrogen-bond acceptors (Lipinski definition) is 6. The van der Waals surface area contributed by atoms with Crippen LogP contribution in [-0.4, -0.2) is 43.8 Å². The molecule has 8 heteroatoms. The van der Waals surface area contributed by atoms with Gasteiger partial charge in [0.15, 0.2) is 0 Å². The molecule has 0 bridgehead atoms. The summed E-state index contributed by atoms with van der Waals surface area (Å²) >= 11 is 1.33. The maximum atomic E-state index is 13.5. The second-order valence-electron chi connectivity index (χ2n) is 5.28. The number of thioether (sulfide) groups is 1. The minimum Gasteiger partial charge on any atom is -0.390 e. The standard InChI is InChI=1S/C17H17FN4O2S/c18-16-9-5-4-6-13(16)10-24-11-15(23)12-25-17-19-20-21-22(17)14-7-2-1-3-8-14/h1-9,15,23H,10-12H2/t15-/m1/s1. The maximum Gasteiger partial charge on any atom is 0.214 e. The zero-order valence-electron chi connectivity index (χ0n) is 13.3. The molecule has 25 heavy (non-hydrogen) atoms. The minimum atomic E-state index is -0.710. The molecule has 0 aliphatic rings. The monoisotopic (exact) mass is 360 g/mol. The Morgan fingerprint density at radius 3 is 2.68 bits per heavy atom. The fourth-order valence-electron chi connectivity index (χ4n) is 2.14. The van der Waals surface area contributed by atoms with E-state index in [0.29, 0.717) is 16.5 Å². The number of aliphatic hydroxyl groups excluding tert-OH is 1. The van der Waals surface area contributed by atoms with Gasteiger partial charge >= 0.3 is 0 Å². The van der Waals surface area contributed by atoms with Crippen molar-refractivity contribution in [2.75, 3.05) is 12.4 Å². The molecule has 3 aromatic rings. The molecule has 130 valence electrons. The van der Waals surface area contributed by atoms with Gasteiger partial charge in [-0.3, -0.25) is 0 Å². The third-order valence-electron chi connectivity index (χ3n) is 3.37. The first kappa shape index (κ1) is 17.5. The van der Waals surface area contributed by atoms with Crippen LogP contribution in [0, 0.1) is 5.82 Å². The molecule has 0 radical (unpaired) electrons. The number of benzene rings is 2. The quantitative estimate of drug-likeness (QED) is 0.622. The van der Waals surface area contributed by atoms with Crippen LogP contribution in [0.3, 0.4) is 0 Å². The molecule has 2 aromatic carbocycles. The number of rotatable bonds is 8. The third kappa shape index (κ3) is 4.85. The highest BCUT2D eigenvalue weighted by atomic mass is 32.2. The highest BCUT2D eigenvalue weighted by Gasteiger charge is 2.12. The number of aromatic nitrogens is 4. The average molecular weight is 360 g/mol. The lowest BCUT2D eigenvalue weighted by Gasteiger charge is -2.11. The van der Waals surface area contributed by atoms with E-state index in [4.69, 9.17) is 4.74 Å². The van der Waals surface area contributed by atoms with E-state index in [0.717, 1.165) is 5.69 Å². The summed E-state index contributed by atoms with van der Waals surface area (Å²) < 4.78 is 20.5. The Labute approximate surface area is 148 Å². The maximum absolute atomic E-state index is 13.5. The summed E-state index contributed by atoms with van der Waals surface area (Å²) in [7, 11) is 0. The zero-order valence-corrected chi connectivity index (χ0v) is 14.1. The zero-order chi connectivity index (χ0) is 17.5. The number of ether oxygens (including phenoxy) is 1. The fourth-order valence-corrected chi connectivity index (χ4v) is 2.94. The van der Waals surface area contributed by atoms with Crippen molar-refractivity contribution in [1.82, 2.24) is 20.2 Å². The number of halogens is 1. The molecular formula is C17H17FN4O2S. The fraction of sp³-hybridized carbons (Fsp3) is 0.235. The second kappa shape index (κ2) is 8.70. The molecule has 0 aliphatic heterocycles. The predicted molar refractivity (Wildman–Crippen MR) is 91.9 cm³/mol. The van der Waals surface area contributed by atoms with Crippen LogP contribution >= 0.6 is 11.8 Å². The first-order valence-corrected chi connectivity index (χ1v) is 8.68. The summed E-state index contributed by atoms with van der Waals surface area (Å²) in [6.45, 7) is 0.227. The Balaban J connectivity index is 1.48. The van der Waals surface area contributed by atoms with Gasteiger partial charge in [-0.1, -0.05) is 48.2 Å².